The Morgan fingerprint density at radius 3 is 2.20 bits per heavy atom. The number of rotatable bonds is 5. The number of ketones is 1. The van der Waals surface area contributed by atoms with E-state index in [0.29, 0.717) is 12.0 Å². The van der Waals surface area contributed by atoms with Crippen LogP contribution in [0.1, 0.15) is 34.3 Å². The molecule has 3 aromatic rings. The van der Waals surface area contributed by atoms with Gasteiger partial charge in [-0.3, -0.25) is 9.69 Å². The predicted molar refractivity (Wildman–Crippen MR) is 98.0 cm³/mol. The zero-order chi connectivity index (χ0) is 17.2. The minimum atomic E-state index is -0.308. The lowest BCUT2D eigenvalue weighted by molar-refractivity contribution is 0.0973. The maximum atomic E-state index is 12.9. The first-order chi connectivity index (χ1) is 12.2. The molecule has 0 saturated heterocycles. The van der Waals surface area contributed by atoms with E-state index in [9.17, 15) is 9.18 Å². The Kier molecular flexibility index (Phi) is 4.33. The molecule has 0 fully saturated rings. The molecule has 1 heterocycles. The van der Waals surface area contributed by atoms with E-state index in [4.69, 9.17) is 0 Å². The largest absolute Gasteiger partial charge is 0.295 e. The maximum absolute atomic E-state index is 12.9. The minimum absolute atomic E-state index is 0.0829. The second-order valence-electron chi connectivity index (χ2n) is 6.68. The van der Waals surface area contributed by atoms with Crippen molar-refractivity contribution in [2.45, 2.75) is 25.9 Å². The summed E-state index contributed by atoms with van der Waals surface area (Å²) in [6.45, 7) is 2.75. The van der Waals surface area contributed by atoms with Gasteiger partial charge in [0, 0.05) is 25.1 Å². The van der Waals surface area contributed by atoms with Crippen LogP contribution in [0.2, 0.25) is 0 Å². The highest BCUT2D eigenvalue weighted by Gasteiger charge is 2.18. The zero-order valence-corrected chi connectivity index (χ0v) is 14.0. The van der Waals surface area contributed by atoms with Gasteiger partial charge in [-0.05, 0) is 59.1 Å². The molecule has 2 nitrogen and oxygen atoms in total. The highest BCUT2D eigenvalue weighted by molar-refractivity contribution is 5.96. The molecule has 1 aliphatic heterocycles. The molecule has 0 unspecified atom stereocenters. The molecule has 3 aromatic carbocycles. The monoisotopic (exact) mass is 333 g/mol. The van der Waals surface area contributed by atoms with Crippen LogP contribution in [-0.2, 0) is 13.1 Å². The van der Waals surface area contributed by atoms with Crippen molar-refractivity contribution in [1.82, 2.24) is 4.90 Å². The molecule has 4 rings (SSSR count). The summed E-state index contributed by atoms with van der Waals surface area (Å²) in [5.41, 5.74) is 3.32. The van der Waals surface area contributed by atoms with Crippen LogP contribution >= 0.6 is 0 Å². The number of carbonyl (C=O) groups excluding carboxylic acids is 1. The standard InChI is InChI=1S/C22H20FNO/c23-20-11-9-16(10-12-20)21(25)8-3-13-24-14-18-6-1-4-17-5-2-7-19(15-24)22(17)18/h1-2,4-7,9-12H,3,8,13-15H2. The van der Waals surface area contributed by atoms with E-state index in [-0.39, 0.29) is 11.6 Å². The van der Waals surface area contributed by atoms with Crippen LogP contribution < -0.4 is 0 Å². The average molecular weight is 333 g/mol. The highest BCUT2D eigenvalue weighted by Crippen LogP contribution is 2.29. The van der Waals surface area contributed by atoms with Gasteiger partial charge in [-0.2, -0.15) is 0 Å². The van der Waals surface area contributed by atoms with E-state index in [1.807, 2.05) is 0 Å². The third-order valence-corrected chi connectivity index (χ3v) is 4.91. The maximum Gasteiger partial charge on any atom is 0.162 e. The molecule has 0 radical (unpaired) electrons. The Morgan fingerprint density at radius 2 is 1.56 bits per heavy atom. The number of halogens is 1. The van der Waals surface area contributed by atoms with Gasteiger partial charge in [0.2, 0.25) is 0 Å². The third-order valence-electron chi connectivity index (χ3n) is 4.91. The van der Waals surface area contributed by atoms with Crippen LogP contribution in [0.15, 0.2) is 60.7 Å². The molecule has 3 heteroatoms. The van der Waals surface area contributed by atoms with Crippen molar-refractivity contribution in [3.63, 3.8) is 0 Å². The van der Waals surface area contributed by atoms with Gasteiger partial charge in [0.25, 0.3) is 0 Å². The summed E-state index contributed by atoms with van der Waals surface area (Å²) in [6, 6.07) is 18.8. The Morgan fingerprint density at radius 1 is 0.920 bits per heavy atom. The number of Topliss-reactive ketones (excluding diaryl/α,β-unsaturated/α-hetero) is 1. The molecule has 126 valence electrons. The molecule has 0 spiro atoms. The Labute approximate surface area is 146 Å². The second-order valence-corrected chi connectivity index (χ2v) is 6.68. The summed E-state index contributed by atoms with van der Waals surface area (Å²) < 4.78 is 12.9. The van der Waals surface area contributed by atoms with E-state index in [0.717, 1.165) is 26.1 Å². The molecule has 0 amide bonds. The summed E-state index contributed by atoms with van der Waals surface area (Å²) in [5, 5.41) is 2.70. The first-order valence-electron chi connectivity index (χ1n) is 8.71. The molecule has 0 aromatic heterocycles. The molecule has 0 N–H and O–H groups in total. The summed E-state index contributed by atoms with van der Waals surface area (Å²) in [4.78, 5) is 14.6. The average Bonchev–Trinajstić information content (AvgIpc) is 2.63. The van der Waals surface area contributed by atoms with Crippen molar-refractivity contribution in [1.29, 1.82) is 0 Å². The van der Waals surface area contributed by atoms with Crippen molar-refractivity contribution in [2.75, 3.05) is 6.54 Å². The van der Waals surface area contributed by atoms with E-state index >= 15 is 0 Å². The molecule has 0 aliphatic carbocycles. The number of benzene rings is 3. The van der Waals surface area contributed by atoms with Crippen LogP contribution in [-0.4, -0.2) is 17.2 Å². The predicted octanol–water partition coefficient (Wildman–Crippen LogP) is 4.96. The fraction of sp³-hybridized carbons (Fsp3) is 0.227. The number of nitrogens with zero attached hydrogens (tertiary/aromatic N) is 1. The molecular weight excluding hydrogens is 313 g/mol. The first-order valence-corrected chi connectivity index (χ1v) is 8.71. The summed E-state index contributed by atoms with van der Waals surface area (Å²) >= 11 is 0. The summed E-state index contributed by atoms with van der Waals surface area (Å²) in [5.74, 6) is -0.225. The van der Waals surface area contributed by atoms with Crippen molar-refractivity contribution in [3.8, 4) is 0 Å². The lowest BCUT2D eigenvalue weighted by Gasteiger charge is -2.29. The zero-order valence-electron chi connectivity index (χ0n) is 14.0. The van der Waals surface area contributed by atoms with E-state index in [1.165, 1.54) is 34.0 Å². The summed E-state index contributed by atoms with van der Waals surface area (Å²) in [6.07, 6.45) is 1.31. The topological polar surface area (TPSA) is 20.3 Å². The lowest BCUT2D eigenvalue weighted by atomic mass is 9.95. The van der Waals surface area contributed by atoms with Crippen LogP contribution in [0.5, 0.6) is 0 Å². The molecular formula is C22H20FNO. The molecule has 1 aliphatic rings. The number of hydrogen-bond donors (Lipinski definition) is 0. The fourth-order valence-electron chi connectivity index (χ4n) is 3.70. The first kappa shape index (κ1) is 16.0. The SMILES string of the molecule is O=C(CCCN1Cc2cccc3cccc(c23)C1)c1ccc(F)cc1. The highest BCUT2D eigenvalue weighted by atomic mass is 19.1. The molecule has 0 bridgehead atoms. The van der Waals surface area contributed by atoms with Crippen molar-refractivity contribution >= 4 is 16.6 Å². The van der Waals surface area contributed by atoms with Gasteiger partial charge in [0.15, 0.2) is 5.78 Å². The molecule has 25 heavy (non-hydrogen) atoms. The molecule has 0 saturated carbocycles. The van der Waals surface area contributed by atoms with Gasteiger partial charge in [0.1, 0.15) is 5.82 Å². The number of carbonyl (C=O) groups is 1. The third kappa shape index (κ3) is 3.33. The summed E-state index contributed by atoms with van der Waals surface area (Å²) in [7, 11) is 0. The van der Waals surface area contributed by atoms with Crippen LogP contribution in [0, 0.1) is 5.82 Å². The van der Waals surface area contributed by atoms with E-state index in [1.54, 1.807) is 12.1 Å². The van der Waals surface area contributed by atoms with Gasteiger partial charge >= 0.3 is 0 Å². The quantitative estimate of drug-likeness (QED) is 0.615. The molecule has 0 atom stereocenters. The van der Waals surface area contributed by atoms with Crippen LogP contribution in [0.3, 0.4) is 0 Å². The van der Waals surface area contributed by atoms with Crippen LogP contribution in [0.4, 0.5) is 4.39 Å². The van der Waals surface area contributed by atoms with Gasteiger partial charge in [-0.1, -0.05) is 36.4 Å². The Bertz CT molecular complexity index is 876. The Hall–Kier alpha value is -2.52. The van der Waals surface area contributed by atoms with Gasteiger partial charge in [0.05, 0.1) is 0 Å². The van der Waals surface area contributed by atoms with Crippen molar-refractivity contribution in [3.05, 3.63) is 83.2 Å². The minimum Gasteiger partial charge on any atom is -0.295 e. The normalized spacial score (nSPS) is 14.0. The van der Waals surface area contributed by atoms with Gasteiger partial charge in [-0.25, -0.2) is 4.39 Å². The second kappa shape index (κ2) is 6.77. The van der Waals surface area contributed by atoms with Crippen molar-refractivity contribution in [2.24, 2.45) is 0 Å². The fourth-order valence-corrected chi connectivity index (χ4v) is 3.70. The van der Waals surface area contributed by atoms with Crippen molar-refractivity contribution < 1.29 is 9.18 Å². The van der Waals surface area contributed by atoms with Gasteiger partial charge in [-0.15, -0.1) is 0 Å². The Balaban J connectivity index is 1.38. The van der Waals surface area contributed by atoms with Gasteiger partial charge < -0.3 is 0 Å². The van der Waals surface area contributed by atoms with E-state index in [2.05, 4.69) is 41.3 Å². The smallest absolute Gasteiger partial charge is 0.162 e. The lowest BCUT2D eigenvalue weighted by Crippen LogP contribution is -2.27. The van der Waals surface area contributed by atoms with E-state index < -0.39 is 0 Å². The van der Waals surface area contributed by atoms with Crippen LogP contribution in [0.25, 0.3) is 10.8 Å². The number of hydrogen-bond acceptors (Lipinski definition) is 2.